The highest BCUT2D eigenvalue weighted by molar-refractivity contribution is 6.11. The molecule has 0 saturated carbocycles. The highest BCUT2D eigenvalue weighted by Crippen LogP contribution is 2.45. The van der Waals surface area contributed by atoms with Crippen LogP contribution in [0.2, 0.25) is 0 Å². The van der Waals surface area contributed by atoms with E-state index in [-0.39, 0.29) is 5.92 Å². The normalized spacial score (nSPS) is 16.1. The zero-order valence-corrected chi connectivity index (χ0v) is 40.6. The van der Waals surface area contributed by atoms with E-state index in [0.717, 1.165) is 51.3 Å². The van der Waals surface area contributed by atoms with E-state index < -0.39 is 5.41 Å². The van der Waals surface area contributed by atoms with Crippen LogP contribution in [0.3, 0.4) is 0 Å². The average Bonchev–Trinajstić information content (AvgIpc) is 3.37. The number of rotatable bonds is 7. The maximum Gasteiger partial charge on any atom is 0.0458 e. The number of fused-ring (bicyclic) bond motifs is 6. The molecule has 68 heavy (non-hydrogen) atoms. The number of aryl methyl sites for hydroxylation is 1. The first kappa shape index (κ1) is 49.5. The fourth-order valence-corrected chi connectivity index (χ4v) is 8.69. The molecule has 1 aliphatic heterocycles. The summed E-state index contributed by atoms with van der Waals surface area (Å²) in [6.45, 7) is 30.5. The first-order valence-electron chi connectivity index (χ1n) is 23.4. The number of anilines is 1. The number of nitrogens with zero attached hydrogens (tertiary/aromatic N) is 1. The third-order valence-corrected chi connectivity index (χ3v) is 12.4. The molecule has 0 amide bonds. The van der Waals surface area contributed by atoms with E-state index in [0.29, 0.717) is 0 Å². The van der Waals surface area contributed by atoms with Crippen LogP contribution in [0.15, 0.2) is 268 Å². The van der Waals surface area contributed by atoms with E-state index >= 15 is 0 Å². The minimum Gasteiger partial charge on any atom is -0.398 e. The largest absolute Gasteiger partial charge is 0.398 e. The Kier molecular flexibility index (Phi) is 17.1. The molecule has 2 N–H and O–H groups in total. The standard InChI is InChI=1S/C57H54N2.C7H8.C2H4/c1-8-44(45-23-10-9-11-24-45)35-34-40(2)37-55(58)48-27-19-25-46(38-48)47-26-20-28-49(39-47)59-36-17-16-21-41(3)42(4)22-18-33-54-52-30-13-12-29-50(52)51-31-14-15-32-53(51)56(54)57(6,7)43(59)5;1-7-5-3-2-4-6-7;1-2/h8-32,34-40H,3-5,33,58H2,1-2,6-7H3;2-6H,1H3;1-2H2/b21-16-,22-18-,35-34-,36-17-,44-8+,55-37-;;. The lowest BCUT2D eigenvalue weighted by Gasteiger charge is -2.38. The Balaban J connectivity index is 0.000000767. The minimum absolute atomic E-state index is 0.143. The van der Waals surface area contributed by atoms with E-state index in [2.05, 4.69) is 248 Å². The molecule has 0 aromatic heterocycles. The smallest absolute Gasteiger partial charge is 0.0458 e. The van der Waals surface area contributed by atoms with Crippen molar-refractivity contribution in [2.45, 2.75) is 46.5 Å². The Morgan fingerprint density at radius 2 is 1.21 bits per heavy atom. The molecule has 0 fully saturated rings. The van der Waals surface area contributed by atoms with Gasteiger partial charge < -0.3 is 10.6 Å². The summed E-state index contributed by atoms with van der Waals surface area (Å²) >= 11 is 0. The van der Waals surface area contributed by atoms with Gasteiger partial charge in [0.05, 0.1) is 0 Å². The summed E-state index contributed by atoms with van der Waals surface area (Å²) in [4.78, 5) is 2.24. The Labute approximate surface area is 406 Å². The average molecular weight is 887 g/mol. The lowest BCUT2D eigenvalue weighted by atomic mass is 9.74. The van der Waals surface area contributed by atoms with Crippen molar-refractivity contribution in [3.8, 4) is 11.1 Å². The van der Waals surface area contributed by atoms with Gasteiger partial charge in [-0.25, -0.2) is 0 Å². The lowest BCUT2D eigenvalue weighted by Crippen LogP contribution is -2.32. The van der Waals surface area contributed by atoms with Gasteiger partial charge >= 0.3 is 0 Å². The summed E-state index contributed by atoms with van der Waals surface area (Å²) in [5.74, 6) is 0.143. The molecule has 7 aromatic carbocycles. The molecule has 2 heteroatoms. The molecule has 7 aromatic rings. The van der Waals surface area contributed by atoms with Crippen LogP contribution in [0.25, 0.3) is 43.9 Å². The Bertz CT molecular complexity index is 3080. The summed E-state index contributed by atoms with van der Waals surface area (Å²) in [6.07, 6.45) is 21.9. The lowest BCUT2D eigenvalue weighted by molar-refractivity contribution is 0.612. The zero-order chi connectivity index (χ0) is 48.6. The molecule has 1 unspecified atom stereocenters. The van der Waals surface area contributed by atoms with Gasteiger partial charge in [-0.05, 0) is 122 Å². The van der Waals surface area contributed by atoms with Gasteiger partial charge in [0, 0.05) is 28.7 Å². The number of allylic oxidation sites excluding steroid dienone is 13. The first-order valence-corrected chi connectivity index (χ1v) is 23.4. The molecule has 8 rings (SSSR count). The number of hydrogen-bond acceptors (Lipinski definition) is 2. The van der Waals surface area contributed by atoms with Crippen molar-refractivity contribution in [2.75, 3.05) is 4.90 Å². The molecule has 1 atom stereocenters. The molecule has 0 bridgehead atoms. The molecular weight excluding hydrogens is 821 g/mol. The van der Waals surface area contributed by atoms with Crippen molar-refractivity contribution >= 4 is 38.5 Å². The van der Waals surface area contributed by atoms with Crippen LogP contribution in [-0.4, -0.2) is 0 Å². The third-order valence-electron chi connectivity index (χ3n) is 12.4. The second kappa shape index (κ2) is 23.5. The van der Waals surface area contributed by atoms with E-state index in [1.54, 1.807) is 0 Å². The fraction of sp³-hybridized carbons (Fsp3) is 0.121. The summed E-state index contributed by atoms with van der Waals surface area (Å²) in [5, 5.41) is 4.98. The van der Waals surface area contributed by atoms with Crippen molar-refractivity contribution in [1.29, 1.82) is 0 Å². The van der Waals surface area contributed by atoms with Gasteiger partial charge in [0.15, 0.2) is 0 Å². The molecule has 0 radical (unpaired) electrons. The molecule has 1 aliphatic rings. The van der Waals surface area contributed by atoms with Gasteiger partial charge in [-0.3, -0.25) is 0 Å². The fourth-order valence-electron chi connectivity index (χ4n) is 8.69. The molecule has 0 spiro atoms. The predicted octanol–water partition coefficient (Wildman–Crippen LogP) is 17.6. The van der Waals surface area contributed by atoms with E-state index in [1.165, 1.54) is 49.4 Å². The molecule has 0 saturated heterocycles. The highest BCUT2D eigenvalue weighted by atomic mass is 15.1. The monoisotopic (exact) mass is 887 g/mol. The van der Waals surface area contributed by atoms with E-state index in [1.807, 2.05) is 36.4 Å². The van der Waals surface area contributed by atoms with Crippen LogP contribution >= 0.6 is 0 Å². The quantitative estimate of drug-likeness (QED) is 0.0982. The minimum atomic E-state index is -0.485. The maximum atomic E-state index is 6.79. The topological polar surface area (TPSA) is 29.3 Å². The number of nitrogens with two attached hydrogens (primary N) is 1. The maximum absolute atomic E-state index is 6.79. The Morgan fingerprint density at radius 3 is 1.85 bits per heavy atom. The highest BCUT2D eigenvalue weighted by Gasteiger charge is 2.33. The summed E-state index contributed by atoms with van der Waals surface area (Å²) in [7, 11) is 0. The molecule has 2 nitrogen and oxygen atoms in total. The SMILES string of the molecule is C=C.C=C1/C=C\C=C/N(c2cccc(-c3cccc(/C(N)=C/C(C)/C=C\C(=C/C)c4ccccc4)c3)c2)C(=C)C(C)(C)c2c(c3ccccc3c3ccccc23)C/C=C\C1=C.Cc1ccccc1. The Morgan fingerprint density at radius 1 is 0.647 bits per heavy atom. The van der Waals surface area contributed by atoms with Crippen molar-refractivity contribution < 1.29 is 0 Å². The first-order chi connectivity index (χ1) is 33.0. The summed E-state index contributed by atoms with van der Waals surface area (Å²) < 4.78 is 0. The van der Waals surface area contributed by atoms with Gasteiger partial charge in [0.2, 0.25) is 0 Å². The second-order valence-electron chi connectivity index (χ2n) is 17.5. The molecule has 0 aliphatic carbocycles. The Hall–Kier alpha value is -7.94. The van der Waals surface area contributed by atoms with Crippen molar-refractivity contribution in [3.05, 3.63) is 296 Å². The molecule has 1 heterocycles. The van der Waals surface area contributed by atoms with Gasteiger partial charge in [-0.2, -0.15) is 0 Å². The van der Waals surface area contributed by atoms with Gasteiger partial charge in [-0.1, -0.05) is 234 Å². The van der Waals surface area contributed by atoms with Crippen LogP contribution in [0, 0.1) is 12.8 Å². The van der Waals surface area contributed by atoms with E-state index in [9.17, 15) is 0 Å². The van der Waals surface area contributed by atoms with E-state index in [4.69, 9.17) is 12.3 Å². The number of benzene rings is 7. The second-order valence-corrected chi connectivity index (χ2v) is 17.5. The van der Waals surface area contributed by atoms with Crippen molar-refractivity contribution in [2.24, 2.45) is 11.7 Å². The van der Waals surface area contributed by atoms with Crippen LogP contribution in [-0.2, 0) is 11.8 Å². The predicted molar refractivity (Wildman–Crippen MR) is 300 cm³/mol. The van der Waals surface area contributed by atoms with Gasteiger partial charge in [0.1, 0.15) is 0 Å². The molecule has 340 valence electrons. The van der Waals surface area contributed by atoms with Gasteiger partial charge in [-0.15, -0.1) is 13.2 Å². The summed E-state index contributed by atoms with van der Waals surface area (Å²) in [5.41, 5.74) is 20.2. The van der Waals surface area contributed by atoms with Crippen LogP contribution in [0.1, 0.15) is 55.5 Å². The van der Waals surface area contributed by atoms with Gasteiger partial charge in [0.25, 0.3) is 0 Å². The van der Waals surface area contributed by atoms with Crippen LogP contribution in [0.5, 0.6) is 0 Å². The van der Waals surface area contributed by atoms with Crippen molar-refractivity contribution in [3.63, 3.8) is 0 Å². The van der Waals surface area contributed by atoms with Crippen LogP contribution in [0.4, 0.5) is 5.69 Å². The van der Waals surface area contributed by atoms with Crippen LogP contribution < -0.4 is 10.6 Å². The zero-order valence-electron chi connectivity index (χ0n) is 40.6. The van der Waals surface area contributed by atoms with Crippen molar-refractivity contribution in [1.82, 2.24) is 0 Å². The third kappa shape index (κ3) is 11.9. The number of hydrogen-bond donors (Lipinski definition) is 1. The molecular formula is C66H66N2. The summed E-state index contributed by atoms with van der Waals surface area (Å²) in [6, 6.07) is 55.5.